The van der Waals surface area contributed by atoms with Gasteiger partial charge in [0.15, 0.2) is 5.43 Å². The molecule has 1 N–H and O–H groups in total. The van der Waals surface area contributed by atoms with Crippen LogP contribution in [0.1, 0.15) is 33.3 Å². The van der Waals surface area contributed by atoms with Crippen LogP contribution in [0.25, 0.3) is 11.0 Å². The van der Waals surface area contributed by atoms with Crippen molar-refractivity contribution in [2.45, 2.75) is 13.0 Å². The Kier molecular flexibility index (Phi) is 4.20. The van der Waals surface area contributed by atoms with Gasteiger partial charge in [-0.25, -0.2) is 0 Å². The lowest BCUT2D eigenvalue weighted by atomic mass is 9.98. The smallest absolute Gasteiger partial charge is 0.290 e. The third-order valence-electron chi connectivity index (χ3n) is 4.87. The third kappa shape index (κ3) is 2.78. The summed E-state index contributed by atoms with van der Waals surface area (Å²) in [5.74, 6) is -0.141. The summed E-state index contributed by atoms with van der Waals surface area (Å²) >= 11 is 0. The zero-order valence-corrected chi connectivity index (χ0v) is 15.1. The van der Waals surface area contributed by atoms with Crippen LogP contribution in [0.2, 0.25) is 0 Å². The quantitative estimate of drug-likeness (QED) is 0.769. The minimum Gasteiger partial charge on any atom is -0.508 e. The number of hydrogen-bond acceptors (Lipinski definition) is 5. The second-order valence-corrected chi connectivity index (χ2v) is 6.66. The van der Waals surface area contributed by atoms with Gasteiger partial charge in [-0.2, -0.15) is 0 Å². The van der Waals surface area contributed by atoms with Crippen molar-refractivity contribution in [3.63, 3.8) is 0 Å². The molecule has 1 atom stereocenters. The number of nitrogens with zero attached hydrogens (tertiary/aromatic N) is 1. The molecule has 138 valence electrons. The van der Waals surface area contributed by atoms with Crippen molar-refractivity contribution >= 4 is 16.9 Å². The van der Waals surface area contributed by atoms with Gasteiger partial charge in [0.25, 0.3) is 5.91 Å². The molecule has 1 unspecified atom stereocenters. The molecule has 6 heteroatoms. The Morgan fingerprint density at radius 2 is 1.89 bits per heavy atom. The number of phenolic OH excluding ortho intramolecular Hbond substituents is 1. The SMILES string of the molecule is COCCN1C(=O)c2oc3ccc(C)cc3c(=O)c2C1c1ccc(O)cc1. The molecule has 1 aromatic heterocycles. The number of carbonyl (C=O) groups is 1. The van der Waals surface area contributed by atoms with E-state index in [1.54, 1.807) is 48.4 Å². The Morgan fingerprint density at radius 3 is 2.59 bits per heavy atom. The monoisotopic (exact) mass is 365 g/mol. The van der Waals surface area contributed by atoms with Crippen LogP contribution >= 0.6 is 0 Å². The minimum atomic E-state index is -0.579. The highest BCUT2D eigenvalue weighted by molar-refractivity contribution is 5.99. The van der Waals surface area contributed by atoms with Gasteiger partial charge in [0.2, 0.25) is 5.76 Å². The Bertz CT molecular complexity index is 1080. The predicted molar refractivity (Wildman–Crippen MR) is 100 cm³/mol. The number of aromatic hydroxyl groups is 1. The van der Waals surface area contributed by atoms with Crippen LogP contribution in [0.5, 0.6) is 5.75 Å². The van der Waals surface area contributed by atoms with Crippen LogP contribution in [-0.4, -0.2) is 36.2 Å². The molecule has 2 heterocycles. The van der Waals surface area contributed by atoms with E-state index in [0.717, 1.165) is 11.1 Å². The molecule has 1 amide bonds. The number of fused-ring (bicyclic) bond motifs is 2. The molecule has 1 aliphatic heterocycles. The minimum absolute atomic E-state index is 0.0746. The average Bonchev–Trinajstić information content (AvgIpc) is 2.94. The second-order valence-electron chi connectivity index (χ2n) is 6.66. The molecule has 3 aromatic rings. The Hall–Kier alpha value is -3.12. The van der Waals surface area contributed by atoms with E-state index < -0.39 is 6.04 Å². The van der Waals surface area contributed by atoms with Crippen molar-refractivity contribution in [2.24, 2.45) is 0 Å². The van der Waals surface area contributed by atoms with E-state index in [1.807, 2.05) is 13.0 Å². The molecule has 0 bridgehead atoms. The summed E-state index contributed by atoms with van der Waals surface area (Å²) in [7, 11) is 1.56. The number of ether oxygens (including phenoxy) is 1. The molecular weight excluding hydrogens is 346 g/mol. The van der Waals surface area contributed by atoms with Gasteiger partial charge in [-0.1, -0.05) is 23.8 Å². The van der Waals surface area contributed by atoms with Crippen molar-refractivity contribution in [1.82, 2.24) is 4.90 Å². The van der Waals surface area contributed by atoms with Crippen LogP contribution in [0.3, 0.4) is 0 Å². The normalized spacial score (nSPS) is 16.1. The number of carbonyl (C=O) groups excluding carboxylic acids is 1. The molecule has 0 spiro atoms. The first-order valence-corrected chi connectivity index (χ1v) is 8.67. The molecule has 6 nitrogen and oxygen atoms in total. The maximum Gasteiger partial charge on any atom is 0.290 e. The van der Waals surface area contributed by atoms with Crippen LogP contribution in [0.15, 0.2) is 51.7 Å². The first-order chi connectivity index (χ1) is 13.0. The van der Waals surface area contributed by atoms with E-state index in [1.165, 1.54) is 0 Å². The van der Waals surface area contributed by atoms with E-state index in [4.69, 9.17) is 9.15 Å². The van der Waals surface area contributed by atoms with Gasteiger partial charge >= 0.3 is 0 Å². The summed E-state index contributed by atoms with van der Waals surface area (Å²) in [6.45, 7) is 2.56. The van der Waals surface area contributed by atoms with Crippen molar-refractivity contribution in [2.75, 3.05) is 20.3 Å². The average molecular weight is 365 g/mol. The number of amides is 1. The molecule has 27 heavy (non-hydrogen) atoms. The van der Waals surface area contributed by atoms with E-state index in [0.29, 0.717) is 29.7 Å². The topological polar surface area (TPSA) is 80.0 Å². The lowest BCUT2D eigenvalue weighted by molar-refractivity contribution is 0.0663. The molecule has 4 rings (SSSR count). The highest BCUT2D eigenvalue weighted by Gasteiger charge is 2.42. The van der Waals surface area contributed by atoms with Gasteiger partial charge in [0.1, 0.15) is 11.3 Å². The number of hydrogen-bond donors (Lipinski definition) is 1. The summed E-state index contributed by atoms with van der Waals surface area (Å²) in [4.78, 5) is 27.9. The Labute approximate surface area is 155 Å². The van der Waals surface area contributed by atoms with Crippen molar-refractivity contribution < 1.29 is 19.1 Å². The van der Waals surface area contributed by atoms with E-state index in [2.05, 4.69) is 0 Å². The molecular formula is C21H19NO5. The summed E-state index contributed by atoms with van der Waals surface area (Å²) in [5, 5.41) is 10.1. The fraction of sp³-hybridized carbons (Fsp3) is 0.238. The molecule has 0 aliphatic carbocycles. The van der Waals surface area contributed by atoms with Crippen LogP contribution in [0.4, 0.5) is 0 Å². The van der Waals surface area contributed by atoms with E-state index >= 15 is 0 Å². The van der Waals surface area contributed by atoms with Crippen LogP contribution < -0.4 is 5.43 Å². The molecule has 0 radical (unpaired) electrons. The van der Waals surface area contributed by atoms with Gasteiger partial charge in [-0.05, 0) is 36.8 Å². The van der Waals surface area contributed by atoms with E-state index in [-0.39, 0.29) is 22.8 Å². The molecule has 0 saturated carbocycles. The fourth-order valence-electron chi connectivity index (χ4n) is 3.56. The van der Waals surface area contributed by atoms with Crippen molar-refractivity contribution in [3.05, 3.63) is 75.1 Å². The molecule has 0 fully saturated rings. The Morgan fingerprint density at radius 1 is 1.15 bits per heavy atom. The third-order valence-corrected chi connectivity index (χ3v) is 4.87. The number of rotatable bonds is 4. The summed E-state index contributed by atoms with van der Waals surface area (Å²) < 4.78 is 11.0. The first-order valence-electron chi connectivity index (χ1n) is 8.67. The maximum absolute atomic E-state index is 13.3. The van der Waals surface area contributed by atoms with E-state index in [9.17, 15) is 14.7 Å². The van der Waals surface area contributed by atoms with Gasteiger partial charge in [-0.3, -0.25) is 9.59 Å². The predicted octanol–water partition coefficient (Wildman–Crippen LogP) is 3.00. The Balaban J connectivity index is 1.97. The highest BCUT2D eigenvalue weighted by Crippen LogP contribution is 2.38. The lowest BCUT2D eigenvalue weighted by Gasteiger charge is -2.24. The van der Waals surface area contributed by atoms with Crippen molar-refractivity contribution in [3.8, 4) is 5.75 Å². The number of aryl methyl sites for hydroxylation is 1. The van der Waals surface area contributed by atoms with Crippen LogP contribution in [-0.2, 0) is 4.74 Å². The van der Waals surface area contributed by atoms with Gasteiger partial charge in [0.05, 0.1) is 23.6 Å². The number of benzene rings is 2. The zero-order chi connectivity index (χ0) is 19.1. The number of phenols is 1. The molecule has 1 aliphatic rings. The highest BCUT2D eigenvalue weighted by atomic mass is 16.5. The standard InChI is InChI=1S/C21H19NO5/c1-12-3-8-16-15(11-12)19(24)17-18(13-4-6-14(23)7-5-13)22(9-10-26-2)21(25)20(17)27-16/h3-8,11,18,23H,9-10H2,1-2H3. The summed E-state index contributed by atoms with van der Waals surface area (Å²) in [6, 6.07) is 11.3. The van der Waals surface area contributed by atoms with Crippen molar-refractivity contribution in [1.29, 1.82) is 0 Å². The van der Waals surface area contributed by atoms with Gasteiger partial charge < -0.3 is 19.2 Å². The maximum atomic E-state index is 13.3. The van der Waals surface area contributed by atoms with Gasteiger partial charge in [-0.15, -0.1) is 0 Å². The lowest BCUT2D eigenvalue weighted by Crippen LogP contribution is -2.32. The first kappa shape index (κ1) is 17.3. The number of methoxy groups -OCH3 is 1. The molecule has 0 saturated heterocycles. The fourth-order valence-corrected chi connectivity index (χ4v) is 3.56. The summed E-state index contributed by atoms with van der Waals surface area (Å²) in [5.41, 5.74) is 2.20. The summed E-state index contributed by atoms with van der Waals surface area (Å²) in [6.07, 6.45) is 0. The van der Waals surface area contributed by atoms with Crippen LogP contribution in [0, 0.1) is 6.92 Å². The van der Waals surface area contributed by atoms with Gasteiger partial charge in [0, 0.05) is 13.7 Å². The molecule has 2 aromatic carbocycles. The largest absolute Gasteiger partial charge is 0.508 e. The second kappa shape index (κ2) is 6.55. The zero-order valence-electron chi connectivity index (χ0n) is 15.1.